The van der Waals surface area contributed by atoms with Gasteiger partial charge >= 0.3 is 7.82 Å². The molecule has 3 N–H and O–H groups in total. The van der Waals surface area contributed by atoms with E-state index in [1.54, 1.807) is 6.08 Å². The summed E-state index contributed by atoms with van der Waals surface area (Å²) in [6.07, 6.45) is 52.0. The zero-order valence-electron chi connectivity index (χ0n) is 38.5. The number of nitrogens with zero attached hydrogens (tertiary/aromatic N) is 1. The van der Waals surface area contributed by atoms with Crippen molar-refractivity contribution in [3.63, 3.8) is 0 Å². The maximum Gasteiger partial charge on any atom is 0.472 e. The van der Waals surface area contributed by atoms with E-state index in [-0.39, 0.29) is 19.1 Å². The highest BCUT2D eigenvalue weighted by Gasteiger charge is 2.27. The average Bonchev–Trinajstić information content (AvgIpc) is 3.17. The molecule has 9 heteroatoms. The molecule has 0 rings (SSSR count). The first-order chi connectivity index (χ1) is 28.0. The Hall–Kier alpha value is -1.54. The first-order valence-electron chi connectivity index (χ1n) is 24.0. The molecule has 1 amide bonds. The summed E-state index contributed by atoms with van der Waals surface area (Å²) in [5, 5.41) is 13.8. The van der Waals surface area contributed by atoms with Gasteiger partial charge in [-0.25, -0.2) is 4.57 Å². The number of allylic oxidation sites excluding steroid dienone is 7. The van der Waals surface area contributed by atoms with Crippen molar-refractivity contribution < 1.29 is 32.9 Å². The van der Waals surface area contributed by atoms with E-state index in [4.69, 9.17) is 9.05 Å². The third kappa shape index (κ3) is 42.6. The zero-order valence-corrected chi connectivity index (χ0v) is 39.4. The molecule has 0 aliphatic carbocycles. The summed E-state index contributed by atoms with van der Waals surface area (Å²) in [5.41, 5.74) is 0. The highest BCUT2D eigenvalue weighted by molar-refractivity contribution is 7.47. The summed E-state index contributed by atoms with van der Waals surface area (Å²) in [5.74, 6) is -0.202. The van der Waals surface area contributed by atoms with Crippen molar-refractivity contribution >= 4 is 13.7 Å². The molecule has 0 aromatic carbocycles. The number of carbonyl (C=O) groups excluding carboxylic acids is 1. The Labute approximate surface area is 359 Å². The highest BCUT2D eigenvalue weighted by Crippen LogP contribution is 2.43. The molecule has 0 heterocycles. The monoisotopic (exact) mass is 838 g/mol. The summed E-state index contributed by atoms with van der Waals surface area (Å²) >= 11 is 0. The summed E-state index contributed by atoms with van der Waals surface area (Å²) in [6, 6.07) is -0.873. The molecule has 0 bridgehead atoms. The molecule has 0 saturated carbocycles. The van der Waals surface area contributed by atoms with E-state index in [0.29, 0.717) is 17.4 Å². The summed E-state index contributed by atoms with van der Waals surface area (Å²) in [4.78, 5) is 23.1. The molecule has 8 nitrogen and oxygen atoms in total. The first-order valence-corrected chi connectivity index (χ1v) is 25.5. The molecule has 0 saturated heterocycles. The van der Waals surface area contributed by atoms with Crippen LogP contribution >= 0.6 is 7.82 Å². The van der Waals surface area contributed by atoms with Crippen LogP contribution in [-0.2, 0) is 18.4 Å². The number of nitrogens with one attached hydrogen (secondary N) is 1. The van der Waals surface area contributed by atoms with E-state index in [2.05, 4.69) is 55.6 Å². The lowest BCUT2D eigenvalue weighted by atomic mass is 10.0. The maximum atomic E-state index is 12.8. The van der Waals surface area contributed by atoms with Gasteiger partial charge in [-0.05, 0) is 70.6 Å². The van der Waals surface area contributed by atoms with Crippen LogP contribution in [-0.4, -0.2) is 73.4 Å². The SMILES string of the molecule is CCCCC/C=C\CCCCCCCC(=O)NC(COP(=O)(O)OCC[N+](C)(C)C)C(O)/C=C/CC/C=C/CC/C=C/CCCCCCCCCCCCCCCC. The number of aliphatic hydroxyl groups excluding tert-OH is 1. The van der Waals surface area contributed by atoms with Crippen molar-refractivity contribution in [3.8, 4) is 0 Å². The van der Waals surface area contributed by atoms with Crippen LogP contribution in [0.5, 0.6) is 0 Å². The normalized spacial score (nSPS) is 14.7. The minimum atomic E-state index is -4.35. The zero-order chi connectivity index (χ0) is 42.8. The fraction of sp³-hybridized carbons (Fsp3) is 0.816. The van der Waals surface area contributed by atoms with Gasteiger partial charge < -0.3 is 19.8 Å². The summed E-state index contributed by atoms with van der Waals surface area (Å²) < 4.78 is 23.5. The van der Waals surface area contributed by atoms with Crippen molar-refractivity contribution in [2.24, 2.45) is 0 Å². The van der Waals surface area contributed by atoms with Gasteiger partial charge in [-0.15, -0.1) is 0 Å². The minimum Gasteiger partial charge on any atom is -0.387 e. The van der Waals surface area contributed by atoms with Crippen LogP contribution in [0.25, 0.3) is 0 Å². The highest BCUT2D eigenvalue weighted by atomic mass is 31.2. The van der Waals surface area contributed by atoms with Crippen LogP contribution in [0.3, 0.4) is 0 Å². The molecule has 0 aromatic rings. The van der Waals surface area contributed by atoms with E-state index < -0.39 is 20.0 Å². The van der Waals surface area contributed by atoms with Gasteiger partial charge in [0, 0.05) is 6.42 Å². The number of phosphoric acid groups is 1. The van der Waals surface area contributed by atoms with E-state index in [9.17, 15) is 19.4 Å². The average molecular weight is 838 g/mol. The van der Waals surface area contributed by atoms with Crippen LogP contribution in [0, 0.1) is 0 Å². The Bertz CT molecular complexity index is 1090. The molecule has 58 heavy (non-hydrogen) atoms. The van der Waals surface area contributed by atoms with Crippen LogP contribution in [0.2, 0.25) is 0 Å². The van der Waals surface area contributed by atoms with Gasteiger partial charge in [0.05, 0.1) is 39.9 Å². The van der Waals surface area contributed by atoms with Crippen LogP contribution in [0.4, 0.5) is 0 Å². The predicted molar refractivity (Wildman–Crippen MR) is 249 cm³/mol. The fourth-order valence-corrected chi connectivity index (χ4v) is 7.39. The smallest absolute Gasteiger partial charge is 0.387 e. The van der Waals surface area contributed by atoms with Gasteiger partial charge in [0.2, 0.25) is 5.91 Å². The predicted octanol–water partition coefficient (Wildman–Crippen LogP) is 13.6. The second-order valence-corrected chi connectivity index (χ2v) is 18.9. The van der Waals surface area contributed by atoms with Gasteiger partial charge in [0.1, 0.15) is 13.2 Å². The van der Waals surface area contributed by atoms with Crippen LogP contribution < -0.4 is 5.32 Å². The molecule has 3 unspecified atom stereocenters. The third-order valence-electron chi connectivity index (χ3n) is 10.5. The molecule has 0 aromatic heterocycles. The number of unbranched alkanes of at least 4 members (excludes halogenated alkanes) is 24. The Morgan fingerprint density at radius 2 is 0.948 bits per heavy atom. The van der Waals surface area contributed by atoms with Crippen molar-refractivity contribution in [1.82, 2.24) is 5.32 Å². The van der Waals surface area contributed by atoms with Gasteiger partial charge in [0.15, 0.2) is 0 Å². The Balaban J connectivity index is 4.38. The number of phosphoric ester groups is 1. The largest absolute Gasteiger partial charge is 0.472 e. The summed E-state index contributed by atoms with van der Waals surface area (Å²) in [7, 11) is 1.54. The van der Waals surface area contributed by atoms with Crippen LogP contribution in [0.15, 0.2) is 48.6 Å². The minimum absolute atomic E-state index is 0.0509. The lowest BCUT2D eigenvalue weighted by Gasteiger charge is -2.25. The number of hydrogen-bond acceptors (Lipinski definition) is 5. The van der Waals surface area contributed by atoms with Gasteiger partial charge in [-0.3, -0.25) is 13.8 Å². The molecule has 340 valence electrons. The molecular weight excluding hydrogens is 744 g/mol. The van der Waals surface area contributed by atoms with E-state index in [0.717, 1.165) is 57.8 Å². The maximum absolute atomic E-state index is 12.8. The molecule has 0 spiro atoms. The second kappa shape index (κ2) is 40.8. The topological polar surface area (TPSA) is 105 Å². The molecule has 0 radical (unpaired) electrons. The van der Waals surface area contributed by atoms with Crippen molar-refractivity contribution in [2.75, 3.05) is 40.9 Å². The van der Waals surface area contributed by atoms with Crippen molar-refractivity contribution in [3.05, 3.63) is 48.6 Å². The van der Waals surface area contributed by atoms with E-state index >= 15 is 0 Å². The Morgan fingerprint density at radius 1 is 0.569 bits per heavy atom. The fourth-order valence-electron chi connectivity index (χ4n) is 6.66. The summed E-state index contributed by atoms with van der Waals surface area (Å²) in [6.45, 7) is 4.75. The van der Waals surface area contributed by atoms with E-state index in [1.807, 2.05) is 27.2 Å². The standard InChI is InChI=1S/C49H93N2O6P/c1-6-8-10-12-14-16-18-20-21-22-23-24-25-26-27-28-29-30-31-32-34-36-38-40-42-48(52)47(46-57-58(54,55)56-45-44-51(3,4)5)50-49(53)43-41-39-37-35-33-19-17-15-13-11-9-7-2/h15,17,28-29,32,34,40,42,47-48,52H,6-14,16,18-27,30-31,33,35-39,41,43-46H2,1-5H3,(H-,50,53,54,55)/p+1/b17-15-,29-28+,34-32+,42-40+. The van der Waals surface area contributed by atoms with Gasteiger partial charge in [-0.2, -0.15) is 0 Å². The molecule has 0 aliphatic heterocycles. The number of hydrogen-bond donors (Lipinski definition) is 3. The van der Waals surface area contributed by atoms with Crippen molar-refractivity contribution in [1.29, 1.82) is 0 Å². The second-order valence-electron chi connectivity index (χ2n) is 17.5. The first kappa shape index (κ1) is 56.5. The van der Waals surface area contributed by atoms with Gasteiger partial charge in [0.25, 0.3) is 0 Å². The quantitative estimate of drug-likeness (QED) is 0.0244. The Kier molecular flexibility index (Phi) is 39.8. The van der Waals surface area contributed by atoms with E-state index in [1.165, 1.54) is 128 Å². The number of amides is 1. The lowest BCUT2D eigenvalue weighted by molar-refractivity contribution is -0.870. The number of carbonyl (C=O) groups is 1. The number of aliphatic hydroxyl groups is 1. The molecule has 0 fully saturated rings. The molecular formula is C49H94N2O6P+. The molecule has 3 atom stereocenters. The van der Waals surface area contributed by atoms with Crippen molar-refractivity contribution in [2.45, 2.75) is 219 Å². The lowest BCUT2D eigenvalue weighted by Crippen LogP contribution is -2.45. The Morgan fingerprint density at radius 3 is 1.41 bits per heavy atom. The molecule has 0 aliphatic rings. The van der Waals surface area contributed by atoms with Gasteiger partial charge in [-0.1, -0.05) is 178 Å². The number of rotatable bonds is 43. The number of quaternary nitrogens is 1. The third-order valence-corrected chi connectivity index (χ3v) is 11.5. The van der Waals surface area contributed by atoms with Crippen LogP contribution in [0.1, 0.15) is 206 Å². The number of likely N-dealkylation sites (N-methyl/N-ethyl adjacent to an activating group) is 1.